The van der Waals surface area contributed by atoms with Crippen LogP contribution in [0.1, 0.15) is 16.5 Å². The topological polar surface area (TPSA) is 192 Å². The van der Waals surface area contributed by atoms with E-state index >= 15 is 0 Å². The second-order valence-corrected chi connectivity index (χ2v) is 8.34. The molecule has 0 aliphatic carbocycles. The number of carbonyl (C=O) groups is 2. The highest BCUT2D eigenvalue weighted by Crippen LogP contribution is 2.14. The van der Waals surface area contributed by atoms with E-state index in [2.05, 4.69) is 25.9 Å². The molecule has 0 fully saturated rings. The predicted octanol–water partition coefficient (Wildman–Crippen LogP) is -0.306. The molecule has 2 aromatic heterocycles. The van der Waals surface area contributed by atoms with Gasteiger partial charge in [-0.2, -0.15) is 10.1 Å². The summed E-state index contributed by atoms with van der Waals surface area (Å²) in [6, 6.07) is 7.72. The number of nitro groups is 1. The fourth-order valence-corrected chi connectivity index (χ4v) is 3.67. The number of nitrogens with one attached hydrogen (secondary N) is 2. The number of aromatic nitrogens is 4. The molecule has 0 radical (unpaired) electrons. The number of nitrogens with zero attached hydrogens (tertiary/aromatic N) is 5. The molecule has 0 unspecified atom stereocenters. The summed E-state index contributed by atoms with van der Waals surface area (Å²) in [4.78, 5) is 37.7. The summed E-state index contributed by atoms with van der Waals surface area (Å²) in [5, 5.41) is 22.7. The minimum absolute atomic E-state index is 0.0177. The molecular formula is C17H17N7O7S. The summed E-state index contributed by atoms with van der Waals surface area (Å²) in [5.41, 5.74) is -0.236. The lowest BCUT2D eigenvalue weighted by molar-refractivity contribution is -0.385. The molecule has 15 heteroatoms. The SMILES string of the molecule is O=C(Cn1cc([N+](=O)[O-])cn1)NCCNC(=O)c1nc(CS(=O)(=O)c2ccccc2)no1. The van der Waals surface area contributed by atoms with Crippen LogP contribution in [0.15, 0.2) is 52.1 Å². The Morgan fingerprint density at radius 2 is 1.88 bits per heavy atom. The zero-order valence-electron chi connectivity index (χ0n) is 16.4. The lowest BCUT2D eigenvalue weighted by atomic mass is 10.4. The van der Waals surface area contributed by atoms with Gasteiger partial charge in [-0.15, -0.1) is 0 Å². The van der Waals surface area contributed by atoms with Crippen molar-refractivity contribution in [3.05, 3.63) is 64.6 Å². The number of carbonyl (C=O) groups excluding carboxylic acids is 2. The molecule has 0 atom stereocenters. The molecule has 3 rings (SSSR count). The van der Waals surface area contributed by atoms with E-state index in [-0.39, 0.29) is 36.0 Å². The number of benzene rings is 1. The first-order valence-electron chi connectivity index (χ1n) is 9.07. The summed E-state index contributed by atoms with van der Waals surface area (Å²) in [7, 11) is -3.69. The molecule has 0 saturated heterocycles. The first kappa shape index (κ1) is 22.5. The third kappa shape index (κ3) is 5.94. The molecule has 0 aliphatic rings. The quantitative estimate of drug-likeness (QED) is 0.229. The van der Waals surface area contributed by atoms with E-state index in [9.17, 15) is 28.1 Å². The van der Waals surface area contributed by atoms with Crippen molar-refractivity contribution in [1.29, 1.82) is 0 Å². The largest absolute Gasteiger partial charge is 0.353 e. The van der Waals surface area contributed by atoms with Gasteiger partial charge in [0.15, 0.2) is 15.7 Å². The number of sulfone groups is 1. The maximum absolute atomic E-state index is 12.3. The summed E-state index contributed by atoms with van der Waals surface area (Å²) in [6.07, 6.45) is 2.14. The predicted molar refractivity (Wildman–Crippen MR) is 106 cm³/mol. The zero-order chi connectivity index (χ0) is 23.1. The van der Waals surface area contributed by atoms with Gasteiger partial charge in [-0.1, -0.05) is 23.4 Å². The Kier molecular flexibility index (Phi) is 6.89. The van der Waals surface area contributed by atoms with Crippen LogP contribution in [0.5, 0.6) is 0 Å². The normalized spacial score (nSPS) is 11.1. The smallest absolute Gasteiger partial charge is 0.315 e. The zero-order valence-corrected chi connectivity index (χ0v) is 17.2. The molecule has 14 nitrogen and oxygen atoms in total. The van der Waals surface area contributed by atoms with Gasteiger partial charge in [0.1, 0.15) is 24.7 Å². The monoisotopic (exact) mass is 463 g/mol. The minimum Gasteiger partial charge on any atom is -0.353 e. The highest BCUT2D eigenvalue weighted by atomic mass is 32.2. The first-order valence-corrected chi connectivity index (χ1v) is 10.7. The van der Waals surface area contributed by atoms with Crippen LogP contribution in [0.4, 0.5) is 5.69 Å². The highest BCUT2D eigenvalue weighted by molar-refractivity contribution is 7.90. The molecule has 1 aromatic carbocycles. The van der Waals surface area contributed by atoms with Gasteiger partial charge in [-0.05, 0) is 12.1 Å². The Balaban J connectivity index is 1.43. The average Bonchev–Trinajstić information content (AvgIpc) is 3.41. The minimum atomic E-state index is -3.69. The van der Waals surface area contributed by atoms with Gasteiger partial charge in [0.25, 0.3) is 0 Å². The standard InChI is InChI=1S/C17H17N7O7S/c25-15(10-23-9-12(8-20-23)24(27)28)18-6-7-19-16(26)17-21-14(22-31-17)11-32(29,30)13-4-2-1-3-5-13/h1-5,8-9H,6-7,10-11H2,(H,18,25)(H,19,26). The second-order valence-electron chi connectivity index (χ2n) is 6.35. The molecular weight excluding hydrogens is 446 g/mol. The fraction of sp³-hybridized carbons (Fsp3) is 0.235. The van der Waals surface area contributed by atoms with Crippen LogP contribution in [-0.2, 0) is 26.9 Å². The van der Waals surface area contributed by atoms with Crippen molar-refractivity contribution in [3.63, 3.8) is 0 Å². The number of hydrogen-bond acceptors (Lipinski definition) is 10. The van der Waals surface area contributed by atoms with E-state index < -0.39 is 38.2 Å². The molecule has 0 spiro atoms. The molecule has 0 aliphatic heterocycles. The molecule has 32 heavy (non-hydrogen) atoms. The number of rotatable bonds is 10. The lowest BCUT2D eigenvalue weighted by Gasteiger charge is -2.05. The van der Waals surface area contributed by atoms with Crippen LogP contribution < -0.4 is 10.6 Å². The Morgan fingerprint density at radius 3 is 2.56 bits per heavy atom. The molecule has 0 saturated carbocycles. The maximum atomic E-state index is 12.3. The van der Waals surface area contributed by atoms with Gasteiger partial charge in [0.05, 0.1) is 9.82 Å². The van der Waals surface area contributed by atoms with E-state index in [1.54, 1.807) is 18.2 Å². The van der Waals surface area contributed by atoms with Gasteiger partial charge in [0.2, 0.25) is 5.91 Å². The lowest BCUT2D eigenvalue weighted by Crippen LogP contribution is -2.36. The van der Waals surface area contributed by atoms with Crippen LogP contribution in [-0.4, -0.2) is 58.2 Å². The van der Waals surface area contributed by atoms with Gasteiger partial charge in [0, 0.05) is 13.1 Å². The first-order chi connectivity index (χ1) is 15.2. The van der Waals surface area contributed by atoms with E-state index in [4.69, 9.17) is 4.52 Å². The summed E-state index contributed by atoms with van der Waals surface area (Å²) in [5.74, 6) is -2.32. The van der Waals surface area contributed by atoms with E-state index in [1.807, 2.05) is 0 Å². The second kappa shape index (κ2) is 9.78. The van der Waals surface area contributed by atoms with Crippen molar-refractivity contribution in [2.45, 2.75) is 17.2 Å². The molecule has 3 aromatic rings. The number of hydrogen-bond donors (Lipinski definition) is 2. The summed E-state index contributed by atoms with van der Waals surface area (Å²) >= 11 is 0. The van der Waals surface area contributed by atoms with Crippen molar-refractivity contribution >= 4 is 27.3 Å². The molecule has 2 amide bonds. The fourth-order valence-electron chi connectivity index (χ4n) is 2.48. The molecule has 2 N–H and O–H groups in total. The number of amides is 2. The van der Waals surface area contributed by atoms with Crippen molar-refractivity contribution in [1.82, 2.24) is 30.6 Å². The van der Waals surface area contributed by atoms with Crippen LogP contribution in [0.2, 0.25) is 0 Å². The van der Waals surface area contributed by atoms with Gasteiger partial charge < -0.3 is 15.2 Å². The van der Waals surface area contributed by atoms with Crippen LogP contribution in [0.25, 0.3) is 0 Å². The molecule has 2 heterocycles. The Hall–Kier alpha value is -4.14. The maximum Gasteiger partial charge on any atom is 0.315 e. The van der Waals surface area contributed by atoms with Crippen molar-refractivity contribution in [3.8, 4) is 0 Å². The van der Waals surface area contributed by atoms with Gasteiger partial charge in [-0.25, -0.2) is 8.42 Å². The molecule has 168 valence electrons. The van der Waals surface area contributed by atoms with Crippen LogP contribution >= 0.6 is 0 Å². The third-order valence-corrected chi connectivity index (χ3v) is 5.58. The van der Waals surface area contributed by atoms with Crippen LogP contribution in [0.3, 0.4) is 0 Å². The van der Waals surface area contributed by atoms with Gasteiger partial charge in [-0.3, -0.25) is 24.4 Å². The highest BCUT2D eigenvalue weighted by Gasteiger charge is 2.21. The van der Waals surface area contributed by atoms with Crippen LogP contribution in [0, 0.1) is 10.1 Å². The third-order valence-electron chi connectivity index (χ3n) is 3.95. The summed E-state index contributed by atoms with van der Waals surface area (Å²) < 4.78 is 30.5. The van der Waals surface area contributed by atoms with E-state index in [1.165, 1.54) is 12.1 Å². The van der Waals surface area contributed by atoms with E-state index in [0.29, 0.717) is 0 Å². The van der Waals surface area contributed by atoms with Crippen molar-refractivity contribution < 1.29 is 27.5 Å². The van der Waals surface area contributed by atoms with Crippen molar-refractivity contribution in [2.75, 3.05) is 13.1 Å². The summed E-state index contributed by atoms with van der Waals surface area (Å²) in [6.45, 7) is -0.161. The van der Waals surface area contributed by atoms with Gasteiger partial charge >= 0.3 is 17.5 Å². The van der Waals surface area contributed by atoms with E-state index in [0.717, 1.165) is 17.1 Å². The average molecular weight is 463 g/mol. The Bertz CT molecular complexity index is 1220. The Labute approximate surface area is 180 Å². The van der Waals surface area contributed by atoms with Crippen molar-refractivity contribution in [2.24, 2.45) is 0 Å². The Morgan fingerprint density at radius 1 is 1.16 bits per heavy atom. The molecule has 0 bridgehead atoms.